The Morgan fingerprint density at radius 1 is 1.16 bits per heavy atom. The summed E-state index contributed by atoms with van der Waals surface area (Å²) in [4.78, 5) is 13.9. The van der Waals surface area contributed by atoms with E-state index in [2.05, 4.69) is 5.16 Å². The van der Waals surface area contributed by atoms with E-state index < -0.39 is 10.0 Å². The van der Waals surface area contributed by atoms with E-state index in [1.165, 1.54) is 4.31 Å². The van der Waals surface area contributed by atoms with Crippen LogP contribution < -0.4 is 0 Å². The van der Waals surface area contributed by atoms with Crippen LogP contribution in [-0.2, 0) is 15.8 Å². The second-order valence-corrected chi connectivity index (χ2v) is 8.17. The summed E-state index contributed by atoms with van der Waals surface area (Å²) >= 11 is 0. The Morgan fingerprint density at radius 2 is 1.84 bits per heavy atom. The van der Waals surface area contributed by atoms with E-state index in [-0.39, 0.29) is 30.4 Å². The number of sulfonamides is 1. The van der Waals surface area contributed by atoms with Crippen LogP contribution in [0, 0.1) is 13.8 Å². The third kappa shape index (κ3) is 3.91. The number of aromatic nitrogens is 1. The molecule has 134 valence electrons. The lowest BCUT2D eigenvalue weighted by atomic mass is 10.1. The van der Waals surface area contributed by atoms with Crippen molar-refractivity contribution in [3.8, 4) is 0 Å². The standard InChI is InChI=1S/C17H21N3O4S/c1-13-5-3-4-6-15(13)12-25(22,23)20-9-7-19(8-10-20)17(21)16-11-14(2)24-18-16/h3-6,11H,7-10,12H2,1-2H3. The molecule has 2 aromatic rings. The maximum Gasteiger partial charge on any atom is 0.276 e. The highest BCUT2D eigenvalue weighted by Crippen LogP contribution is 2.17. The Labute approximate surface area is 147 Å². The summed E-state index contributed by atoms with van der Waals surface area (Å²) in [6, 6.07) is 9.06. The molecule has 1 aromatic carbocycles. The van der Waals surface area contributed by atoms with Crippen LogP contribution in [0.15, 0.2) is 34.9 Å². The van der Waals surface area contributed by atoms with E-state index in [1.807, 2.05) is 31.2 Å². The highest BCUT2D eigenvalue weighted by molar-refractivity contribution is 7.88. The SMILES string of the molecule is Cc1cc(C(=O)N2CCN(S(=O)(=O)Cc3ccccc3C)CC2)no1. The van der Waals surface area contributed by atoms with Crippen molar-refractivity contribution in [3.63, 3.8) is 0 Å². The Hall–Kier alpha value is -2.19. The van der Waals surface area contributed by atoms with Gasteiger partial charge in [0.2, 0.25) is 10.0 Å². The molecule has 1 aromatic heterocycles. The minimum absolute atomic E-state index is 0.0178. The normalized spacial score (nSPS) is 16.2. The number of carbonyl (C=O) groups excluding carboxylic acids is 1. The molecule has 1 aliphatic rings. The van der Waals surface area contributed by atoms with Gasteiger partial charge in [0.15, 0.2) is 5.69 Å². The van der Waals surface area contributed by atoms with Crippen molar-refractivity contribution in [1.29, 1.82) is 0 Å². The number of benzene rings is 1. The molecule has 1 fully saturated rings. The van der Waals surface area contributed by atoms with Gasteiger partial charge in [0.05, 0.1) is 5.75 Å². The number of rotatable bonds is 4. The molecule has 1 saturated heterocycles. The first-order chi connectivity index (χ1) is 11.9. The molecule has 0 spiro atoms. The number of aryl methyl sites for hydroxylation is 2. The third-order valence-corrected chi connectivity index (χ3v) is 6.19. The van der Waals surface area contributed by atoms with E-state index in [0.29, 0.717) is 18.8 Å². The molecule has 7 nitrogen and oxygen atoms in total. The number of amides is 1. The molecule has 0 unspecified atom stereocenters. The smallest absolute Gasteiger partial charge is 0.276 e. The molecule has 0 radical (unpaired) electrons. The summed E-state index contributed by atoms with van der Waals surface area (Å²) in [5, 5.41) is 3.73. The van der Waals surface area contributed by atoms with Gasteiger partial charge in [-0.3, -0.25) is 4.79 Å². The van der Waals surface area contributed by atoms with Crippen molar-refractivity contribution in [2.75, 3.05) is 26.2 Å². The number of nitrogens with zero attached hydrogens (tertiary/aromatic N) is 3. The van der Waals surface area contributed by atoms with Gasteiger partial charge in [-0.05, 0) is 25.0 Å². The van der Waals surface area contributed by atoms with Crippen LogP contribution in [0.3, 0.4) is 0 Å². The highest BCUT2D eigenvalue weighted by atomic mass is 32.2. The number of hydrogen-bond donors (Lipinski definition) is 0. The van der Waals surface area contributed by atoms with Crippen LogP contribution in [0.1, 0.15) is 27.4 Å². The maximum atomic E-state index is 12.7. The van der Waals surface area contributed by atoms with Crippen LogP contribution in [0.25, 0.3) is 0 Å². The van der Waals surface area contributed by atoms with Crippen molar-refractivity contribution < 1.29 is 17.7 Å². The fourth-order valence-electron chi connectivity index (χ4n) is 2.86. The predicted octanol–water partition coefficient (Wildman–Crippen LogP) is 1.58. The van der Waals surface area contributed by atoms with E-state index in [9.17, 15) is 13.2 Å². The minimum Gasteiger partial charge on any atom is -0.361 e. The molecule has 2 heterocycles. The molecule has 25 heavy (non-hydrogen) atoms. The highest BCUT2D eigenvalue weighted by Gasteiger charge is 2.30. The summed E-state index contributed by atoms with van der Waals surface area (Å²) < 4.78 is 31.7. The third-order valence-electron chi connectivity index (χ3n) is 4.37. The average Bonchev–Trinajstić information content (AvgIpc) is 3.03. The Balaban J connectivity index is 1.63. The second-order valence-electron chi connectivity index (χ2n) is 6.20. The van der Waals surface area contributed by atoms with Crippen LogP contribution in [0.5, 0.6) is 0 Å². The molecular weight excluding hydrogens is 342 g/mol. The van der Waals surface area contributed by atoms with E-state index in [0.717, 1.165) is 11.1 Å². The number of hydrogen-bond acceptors (Lipinski definition) is 5. The Bertz CT molecular complexity index is 868. The van der Waals surface area contributed by atoms with Gasteiger partial charge < -0.3 is 9.42 Å². The molecule has 0 atom stereocenters. The molecule has 0 bridgehead atoms. The van der Waals surface area contributed by atoms with Crippen molar-refractivity contribution in [1.82, 2.24) is 14.4 Å². The lowest BCUT2D eigenvalue weighted by Crippen LogP contribution is -2.50. The molecular formula is C17H21N3O4S. The quantitative estimate of drug-likeness (QED) is 0.823. The van der Waals surface area contributed by atoms with Crippen LogP contribution in [0.2, 0.25) is 0 Å². The van der Waals surface area contributed by atoms with Crippen LogP contribution in [0.4, 0.5) is 0 Å². The van der Waals surface area contributed by atoms with Gasteiger partial charge >= 0.3 is 0 Å². The number of carbonyl (C=O) groups is 1. The number of piperazine rings is 1. The first kappa shape index (κ1) is 17.6. The average molecular weight is 363 g/mol. The van der Waals surface area contributed by atoms with Crippen LogP contribution >= 0.6 is 0 Å². The molecule has 0 N–H and O–H groups in total. The Kier molecular flexibility index (Phi) is 4.91. The molecule has 3 rings (SSSR count). The summed E-state index contributed by atoms with van der Waals surface area (Å²) in [5.41, 5.74) is 2.02. The van der Waals surface area contributed by atoms with Gasteiger partial charge in [0.25, 0.3) is 5.91 Å². The second kappa shape index (κ2) is 6.97. The zero-order valence-electron chi connectivity index (χ0n) is 14.3. The molecule has 8 heteroatoms. The first-order valence-electron chi connectivity index (χ1n) is 8.12. The first-order valence-corrected chi connectivity index (χ1v) is 9.72. The zero-order valence-corrected chi connectivity index (χ0v) is 15.1. The summed E-state index contributed by atoms with van der Waals surface area (Å²) in [6.45, 7) is 4.89. The fraction of sp³-hybridized carbons (Fsp3) is 0.412. The van der Waals surface area contributed by atoms with E-state index in [1.54, 1.807) is 17.9 Å². The molecule has 0 aliphatic carbocycles. The lowest BCUT2D eigenvalue weighted by molar-refractivity contribution is 0.0687. The van der Waals surface area contributed by atoms with Gasteiger partial charge in [0.1, 0.15) is 5.76 Å². The maximum absolute atomic E-state index is 12.7. The minimum atomic E-state index is -3.41. The van der Waals surface area contributed by atoms with Crippen LogP contribution in [-0.4, -0.2) is 54.9 Å². The van der Waals surface area contributed by atoms with Gasteiger partial charge in [-0.1, -0.05) is 29.4 Å². The van der Waals surface area contributed by atoms with Gasteiger partial charge in [-0.25, -0.2) is 8.42 Å². The summed E-state index contributed by atoms with van der Waals surface area (Å²) in [7, 11) is -3.41. The molecule has 1 amide bonds. The monoisotopic (exact) mass is 363 g/mol. The van der Waals surface area contributed by atoms with E-state index in [4.69, 9.17) is 4.52 Å². The molecule has 1 aliphatic heterocycles. The predicted molar refractivity (Wildman–Crippen MR) is 92.5 cm³/mol. The van der Waals surface area contributed by atoms with Crippen molar-refractivity contribution in [3.05, 3.63) is 52.9 Å². The van der Waals surface area contributed by atoms with Gasteiger partial charge in [-0.2, -0.15) is 4.31 Å². The molecule has 0 saturated carbocycles. The largest absolute Gasteiger partial charge is 0.361 e. The topological polar surface area (TPSA) is 83.7 Å². The van der Waals surface area contributed by atoms with Crippen molar-refractivity contribution in [2.24, 2.45) is 0 Å². The zero-order chi connectivity index (χ0) is 18.0. The van der Waals surface area contributed by atoms with E-state index >= 15 is 0 Å². The van der Waals surface area contributed by atoms with Crippen molar-refractivity contribution >= 4 is 15.9 Å². The summed E-state index contributed by atoms with van der Waals surface area (Å²) in [6.07, 6.45) is 0. The lowest BCUT2D eigenvalue weighted by Gasteiger charge is -2.33. The van der Waals surface area contributed by atoms with Gasteiger partial charge in [-0.15, -0.1) is 0 Å². The Morgan fingerprint density at radius 3 is 2.44 bits per heavy atom. The summed E-state index contributed by atoms with van der Waals surface area (Å²) in [5.74, 6) is 0.325. The van der Waals surface area contributed by atoms with Crippen molar-refractivity contribution in [2.45, 2.75) is 19.6 Å². The van der Waals surface area contributed by atoms with Gasteiger partial charge in [0, 0.05) is 32.2 Å². The fourth-order valence-corrected chi connectivity index (χ4v) is 4.48.